The Hall–Kier alpha value is -0.160. The molecule has 1 rings (SSSR count). The summed E-state index contributed by atoms with van der Waals surface area (Å²) >= 11 is 4.95. The van der Waals surface area contributed by atoms with E-state index in [9.17, 15) is 0 Å². The monoisotopic (exact) mass is 277 g/mol. The van der Waals surface area contributed by atoms with Gasteiger partial charge in [0, 0.05) is 36.4 Å². The molecule has 0 bridgehead atoms. The summed E-state index contributed by atoms with van der Waals surface area (Å²) < 4.78 is 4.29. The Labute approximate surface area is 97.8 Å². The van der Waals surface area contributed by atoms with Crippen molar-refractivity contribution in [2.45, 2.75) is 26.7 Å². The maximum Gasteiger partial charge on any atom is 0.205 e. The molecule has 0 amide bonds. The van der Waals surface area contributed by atoms with Crippen LogP contribution in [0.25, 0.3) is 0 Å². The lowest BCUT2D eigenvalue weighted by Crippen LogP contribution is -2.23. The average Bonchev–Trinajstić information content (AvgIpc) is 2.68. The summed E-state index contributed by atoms with van der Waals surface area (Å²) in [4.78, 5) is 6.75. The van der Waals surface area contributed by atoms with Crippen LogP contribution in [0.15, 0.2) is 0 Å². The first kappa shape index (κ1) is 11.9. The molecular formula is C9H16BrN3S. The van der Waals surface area contributed by atoms with Gasteiger partial charge in [0.05, 0.1) is 0 Å². The molecule has 0 aliphatic heterocycles. The molecule has 5 heteroatoms. The molecule has 3 nitrogen and oxygen atoms in total. The summed E-state index contributed by atoms with van der Waals surface area (Å²) in [6, 6.07) is 0. The highest BCUT2D eigenvalue weighted by molar-refractivity contribution is 9.09. The maximum atomic E-state index is 4.47. The second-order valence-electron chi connectivity index (χ2n) is 2.97. The van der Waals surface area contributed by atoms with E-state index in [2.05, 4.69) is 44.0 Å². The van der Waals surface area contributed by atoms with Crippen molar-refractivity contribution < 1.29 is 0 Å². The molecule has 0 aliphatic rings. The van der Waals surface area contributed by atoms with Gasteiger partial charge in [0.1, 0.15) is 5.82 Å². The number of alkyl halides is 1. The first-order valence-corrected chi connectivity index (χ1v) is 6.84. The molecule has 1 aromatic rings. The molecule has 0 saturated carbocycles. The first-order chi connectivity index (χ1) is 6.81. The average molecular weight is 278 g/mol. The van der Waals surface area contributed by atoms with Gasteiger partial charge < -0.3 is 4.90 Å². The van der Waals surface area contributed by atoms with Crippen LogP contribution >= 0.6 is 27.5 Å². The summed E-state index contributed by atoms with van der Waals surface area (Å²) in [7, 11) is 0. The Balaban J connectivity index is 2.58. The van der Waals surface area contributed by atoms with Gasteiger partial charge in [-0.05, 0) is 13.3 Å². The fourth-order valence-corrected chi connectivity index (χ4v) is 2.25. The predicted octanol–water partition coefficient (Wildman–Crippen LogP) is 2.71. The highest BCUT2D eigenvalue weighted by Gasteiger charge is 2.09. The van der Waals surface area contributed by atoms with Gasteiger partial charge in [-0.1, -0.05) is 22.9 Å². The van der Waals surface area contributed by atoms with Gasteiger partial charge in [-0.25, -0.2) is 4.98 Å². The SMILES string of the molecule is CCc1nsc(N(CC)CCCBr)n1. The van der Waals surface area contributed by atoms with Crippen LogP contribution in [-0.4, -0.2) is 27.8 Å². The lowest BCUT2D eigenvalue weighted by atomic mass is 10.4. The molecule has 1 aromatic heterocycles. The summed E-state index contributed by atoms with van der Waals surface area (Å²) in [6.45, 7) is 6.30. The van der Waals surface area contributed by atoms with Crippen molar-refractivity contribution in [1.82, 2.24) is 9.36 Å². The fourth-order valence-electron chi connectivity index (χ4n) is 1.16. The predicted molar refractivity (Wildman–Crippen MR) is 65.6 cm³/mol. The zero-order chi connectivity index (χ0) is 10.4. The molecule has 0 atom stereocenters. The Morgan fingerprint density at radius 2 is 2.21 bits per heavy atom. The van der Waals surface area contributed by atoms with E-state index in [-0.39, 0.29) is 0 Å². The van der Waals surface area contributed by atoms with Crippen molar-refractivity contribution in [3.05, 3.63) is 5.82 Å². The molecule has 0 saturated heterocycles. The van der Waals surface area contributed by atoms with E-state index in [4.69, 9.17) is 0 Å². The number of hydrogen-bond donors (Lipinski definition) is 0. The molecule has 0 unspecified atom stereocenters. The minimum Gasteiger partial charge on any atom is -0.347 e. The zero-order valence-electron chi connectivity index (χ0n) is 8.66. The van der Waals surface area contributed by atoms with Gasteiger partial charge >= 0.3 is 0 Å². The van der Waals surface area contributed by atoms with Gasteiger partial charge in [0.2, 0.25) is 5.13 Å². The number of halogens is 1. The maximum absolute atomic E-state index is 4.47. The van der Waals surface area contributed by atoms with Gasteiger partial charge in [-0.2, -0.15) is 4.37 Å². The van der Waals surface area contributed by atoms with Crippen LogP contribution in [0.5, 0.6) is 0 Å². The highest BCUT2D eigenvalue weighted by atomic mass is 79.9. The van der Waals surface area contributed by atoms with Crippen molar-refractivity contribution in [1.29, 1.82) is 0 Å². The van der Waals surface area contributed by atoms with Crippen molar-refractivity contribution in [3.63, 3.8) is 0 Å². The topological polar surface area (TPSA) is 29.0 Å². The third-order valence-electron chi connectivity index (χ3n) is 1.99. The molecule has 0 aliphatic carbocycles. The fraction of sp³-hybridized carbons (Fsp3) is 0.778. The van der Waals surface area contributed by atoms with Crippen LogP contribution in [0, 0.1) is 0 Å². The van der Waals surface area contributed by atoms with Crippen molar-refractivity contribution >= 4 is 32.6 Å². The Bertz CT molecular complexity index is 264. The third-order valence-corrected chi connectivity index (χ3v) is 3.36. The van der Waals surface area contributed by atoms with Crippen LogP contribution < -0.4 is 4.90 Å². The molecule has 0 fully saturated rings. The lowest BCUT2D eigenvalue weighted by molar-refractivity contribution is 0.791. The minimum absolute atomic E-state index is 0.923. The quantitative estimate of drug-likeness (QED) is 0.749. The molecular weight excluding hydrogens is 262 g/mol. The molecule has 0 N–H and O–H groups in total. The number of nitrogens with zero attached hydrogens (tertiary/aromatic N) is 3. The second-order valence-corrected chi connectivity index (χ2v) is 4.49. The number of anilines is 1. The summed E-state index contributed by atoms with van der Waals surface area (Å²) in [5.74, 6) is 0.960. The summed E-state index contributed by atoms with van der Waals surface area (Å²) in [5, 5.41) is 2.11. The Kier molecular flexibility index (Phi) is 5.40. The van der Waals surface area contributed by atoms with E-state index in [1.54, 1.807) is 0 Å². The molecule has 0 aromatic carbocycles. The zero-order valence-corrected chi connectivity index (χ0v) is 11.1. The second kappa shape index (κ2) is 6.35. The number of rotatable bonds is 6. The van der Waals surface area contributed by atoms with E-state index >= 15 is 0 Å². The number of aromatic nitrogens is 2. The Morgan fingerprint density at radius 1 is 1.43 bits per heavy atom. The lowest BCUT2D eigenvalue weighted by Gasteiger charge is -2.18. The molecule has 0 spiro atoms. The van der Waals surface area contributed by atoms with E-state index in [0.717, 1.165) is 42.2 Å². The first-order valence-electron chi connectivity index (χ1n) is 4.95. The van der Waals surface area contributed by atoms with Crippen molar-refractivity contribution in [2.24, 2.45) is 0 Å². The van der Waals surface area contributed by atoms with Gasteiger partial charge in [-0.3, -0.25) is 0 Å². The van der Waals surface area contributed by atoms with Gasteiger partial charge in [0.25, 0.3) is 0 Å². The Morgan fingerprint density at radius 3 is 2.71 bits per heavy atom. The molecule has 1 heterocycles. The third kappa shape index (κ3) is 3.20. The standard InChI is InChI=1S/C9H16BrN3S/c1-3-8-11-9(14-12-8)13(4-2)7-5-6-10/h3-7H2,1-2H3. The number of hydrogen-bond acceptors (Lipinski definition) is 4. The van der Waals surface area contributed by atoms with Crippen LogP contribution in [0.1, 0.15) is 26.1 Å². The molecule has 14 heavy (non-hydrogen) atoms. The van der Waals surface area contributed by atoms with Crippen LogP contribution in [0.4, 0.5) is 5.13 Å². The van der Waals surface area contributed by atoms with Crippen molar-refractivity contribution in [2.75, 3.05) is 23.3 Å². The normalized spacial score (nSPS) is 10.5. The molecule has 80 valence electrons. The number of aryl methyl sites for hydroxylation is 1. The van der Waals surface area contributed by atoms with Crippen LogP contribution in [0.3, 0.4) is 0 Å². The largest absolute Gasteiger partial charge is 0.347 e. The minimum atomic E-state index is 0.923. The van der Waals surface area contributed by atoms with E-state index < -0.39 is 0 Å². The van der Waals surface area contributed by atoms with E-state index in [1.807, 2.05) is 0 Å². The summed E-state index contributed by atoms with van der Waals surface area (Å²) in [6.07, 6.45) is 2.07. The van der Waals surface area contributed by atoms with E-state index in [0.29, 0.717) is 0 Å². The van der Waals surface area contributed by atoms with E-state index in [1.165, 1.54) is 11.5 Å². The van der Waals surface area contributed by atoms with Gasteiger partial charge in [-0.15, -0.1) is 0 Å². The van der Waals surface area contributed by atoms with Gasteiger partial charge in [0.15, 0.2) is 0 Å². The van der Waals surface area contributed by atoms with Crippen LogP contribution in [-0.2, 0) is 6.42 Å². The molecule has 0 radical (unpaired) electrons. The summed E-state index contributed by atoms with van der Waals surface area (Å²) in [5.41, 5.74) is 0. The highest BCUT2D eigenvalue weighted by Crippen LogP contribution is 2.17. The van der Waals surface area contributed by atoms with Crippen LogP contribution in [0.2, 0.25) is 0 Å². The van der Waals surface area contributed by atoms with Crippen molar-refractivity contribution in [3.8, 4) is 0 Å². The smallest absolute Gasteiger partial charge is 0.205 e.